The van der Waals surface area contributed by atoms with Gasteiger partial charge >= 0.3 is 0 Å². The second kappa shape index (κ2) is 4.39. The summed E-state index contributed by atoms with van der Waals surface area (Å²) in [5.41, 5.74) is 10.4. The largest absolute Gasteiger partial charge is 0.383 e. The SMILES string of the molecule is Cc1cc(-c2ccc(C)c3ccccc23)cnc1N. The lowest BCUT2D eigenvalue weighted by Crippen LogP contribution is -1.94. The molecule has 0 unspecified atom stereocenters. The monoisotopic (exact) mass is 248 g/mol. The van der Waals surface area contributed by atoms with Crippen molar-refractivity contribution >= 4 is 16.6 Å². The van der Waals surface area contributed by atoms with Crippen LogP contribution in [0.15, 0.2) is 48.7 Å². The molecule has 94 valence electrons. The van der Waals surface area contributed by atoms with Crippen molar-refractivity contribution < 1.29 is 0 Å². The number of pyridine rings is 1. The standard InChI is InChI=1S/C17H16N2/c1-11-7-8-15(16-6-4-3-5-14(11)16)13-9-12(2)17(18)19-10-13/h3-10H,1-2H3,(H2,18,19). The van der Waals surface area contributed by atoms with Crippen LogP contribution in [-0.2, 0) is 0 Å². The number of aromatic nitrogens is 1. The molecule has 0 aliphatic heterocycles. The number of rotatable bonds is 1. The molecule has 3 aromatic rings. The third kappa shape index (κ3) is 1.95. The van der Waals surface area contributed by atoms with Crippen LogP contribution in [0.25, 0.3) is 21.9 Å². The molecule has 0 atom stereocenters. The molecule has 0 fully saturated rings. The Balaban J connectivity index is 2.31. The van der Waals surface area contributed by atoms with Crippen molar-refractivity contribution in [1.29, 1.82) is 0 Å². The van der Waals surface area contributed by atoms with Gasteiger partial charge in [-0.3, -0.25) is 0 Å². The summed E-state index contributed by atoms with van der Waals surface area (Å²) in [5, 5.41) is 2.54. The molecule has 0 bridgehead atoms. The van der Waals surface area contributed by atoms with Crippen molar-refractivity contribution in [3.8, 4) is 11.1 Å². The van der Waals surface area contributed by atoms with E-state index >= 15 is 0 Å². The number of fused-ring (bicyclic) bond motifs is 1. The number of hydrogen-bond acceptors (Lipinski definition) is 2. The Hall–Kier alpha value is -2.35. The summed E-state index contributed by atoms with van der Waals surface area (Å²) >= 11 is 0. The number of hydrogen-bond donors (Lipinski definition) is 1. The van der Waals surface area contributed by atoms with Gasteiger partial charge in [0.25, 0.3) is 0 Å². The molecular weight excluding hydrogens is 232 g/mol. The van der Waals surface area contributed by atoms with E-state index in [0.29, 0.717) is 5.82 Å². The summed E-state index contributed by atoms with van der Waals surface area (Å²) < 4.78 is 0. The average molecular weight is 248 g/mol. The molecule has 1 heterocycles. The number of anilines is 1. The first-order valence-corrected chi connectivity index (χ1v) is 6.37. The fourth-order valence-electron chi connectivity index (χ4n) is 2.43. The van der Waals surface area contributed by atoms with Crippen LogP contribution in [0.1, 0.15) is 11.1 Å². The average Bonchev–Trinajstić information content (AvgIpc) is 2.43. The molecule has 2 N–H and O–H groups in total. The fraction of sp³-hybridized carbons (Fsp3) is 0.118. The topological polar surface area (TPSA) is 38.9 Å². The Morgan fingerprint density at radius 1 is 0.895 bits per heavy atom. The lowest BCUT2D eigenvalue weighted by Gasteiger charge is -2.10. The molecule has 2 aromatic carbocycles. The maximum absolute atomic E-state index is 5.79. The number of benzene rings is 2. The summed E-state index contributed by atoms with van der Waals surface area (Å²) in [6.07, 6.45) is 1.85. The molecule has 0 saturated heterocycles. The van der Waals surface area contributed by atoms with Gasteiger partial charge < -0.3 is 5.73 Å². The van der Waals surface area contributed by atoms with Crippen molar-refractivity contribution in [2.45, 2.75) is 13.8 Å². The summed E-state index contributed by atoms with van der Waals surface area (Å²) in [4.78, 5) is 4.26. The normalized spacial score (nSPS) is 10.8. The molecule has 0 amide bonds. The van der Waals surface area contributed by atoms with Gasteiger partial charge in [-0.15, -0.1) is 0 Å². The van der Waals surface area contributed by atoms with Gasteiger partial charge in [0.1, 0.15) is 5.82 Å². The highest BCUT2D eigenvalue weighted by molar-refractivity contribution is 5.98. The zero-order valence-electron chi connectivity index (χ0n) is 11.1. The fourth-order valence-corrected chi connectivity index (χ4v) is 2.43. The molecule has 0 spiro atoms. The highest BCUT2D eigenvalue weighted by Crippen LogP contribution is 2.31. The molecule has 0 aliphatic carbocycles. The molecule has 0 radical (unpaired) electrons. The first kappa shape index (κ1) is 11.7. The van der Waals surface area contributed by atoms with Crippen LogP contribution in [0.2, 0.25) is 0 Å². The second-order valence-corrected chi connectivity index (χ2v) is 4.90. The van der Waals surface area contributed by atoms with E-state index in [1.807, 2.05) is 13.1 Å². The molecule has 19 heavy (non-hydrogen) atoms. The van der Waals surface area contributed by atoms with Crippen LogP contribution in [-0.4, -0.2) is 4.98 Å². The van der Waals surface area contributed by atoms with Crippen LogP contribution in [0, 0.1) is 13.8 Å². The lowest BCUT2D eigenvalue weighted by atomic mass is 9.96. The van der Waals surface area contributed by atoms with Crippen molar-refractivity contribution in [3.63, 3.8) is 0 Å². The molecule has 0 aliphatic rings. The minimum Gasteiger partial charge on any atom is -0.383 e. The molecule has 2 nitrogen and oxygen atoms in total. The van der Waals surface area contributed by atoms with Crippen LogP contribution >= 0.6 is 0 Å². The Kier molecular flexibility index (Phi) is 2.71. The van der Waals surface area contributed by atoms with E-state index < -0.39 is 0 Å². The zero-order chi connectivity index (χ0) is 13.4. The van der Waals surface area contributed by atoms with Gasteiger partial charge in [0.05, 0.1) is 0 Å². The number of nitrogen functional groups attached to an aromatic ring is 1. The summed E-state index contributed by atoms with van der Waals surface area (Å²) in [7, 11) is 0. The first-order valence-electron chi connectivity index (χ1n) is 6.37. The minimum absolute atomic E-state index is 0.597. The Morgan fingerprint density at radius 2 is 1.63 bits per heavy atom. The van der Waals surface area contributed by atoms with Crippen molar-refractivity contribution in [2.75, 3.05) is 5.73 Å². The summed E-state index contributed by atoms with van der Waals surface area (Å²) in [6, 6.07) is 14.9. The zero-order valence-corrected chi connectivity index (χ0v) is 11.1. The lowest BCUT2D eigenvalue weighted by molar-refractivity contribution is 1.28. The van der Waals surface area contributed by atoms with Gasteiger partial charge in [0, 0.05) is 11.8 Å². The number of nitrogens with two attached hydrogens (primary N) is 1. The van der Waals surface area contributed by atoms with E-state index in [2.05, 4.69) is 54.4 Å². The molecule has 1 aromatic heterocycles. The van der Waals surface area contributed by atoms with E-state index in [9.17, 15) is 0 Å². The smallest absolute Gasteiger partial charge is 0.126 e. The van der Waals surface area contributed by atoms with E-state index in [1.165, 1.54) is 21.9 Å². The highest BCUT2D eigenvalue weighted by Gasteiger charge is 2.07. The van der Waals surface area contributed by atoms with Gasteiger partial charge in [-0.1, -0.05) is 36.4 Å². The van der Waals surface area contributed by atoms with Gasteiger partial charge in [-0.25, -0.2) is 4.98 Å². The molecule has 0 saturated carbocycles. The Morgan fingerprint density at radius 3 is 2.37 bits per heavy atom. The second-order valence-electron chi connectivity index (χ2n) is 4.90. The van der Waals surface area contributed by atoms with E-state index in [-0.39, 0.29) is 0 Å². The predicted molar refractivity (Wildman–Crippen MR) is 81.1 cm³/mol. The summed E-state index contributed by atoms with van der Waals surface area (Å²) in [6.45, 7) is 4.13. The van der Waals surface area contributed by atoms with E-state index in [4.69, 9.17) is 5.73 Å². The van der Waals surface area contributed by atoms with Crippen LogP contribution in [0.4, 0.5) is 5.82 Å². The van der Waals surface area contributed by atoms with Crippen molar-refractivity contribution in [1.82, 2.24) is 4.98 Å². The van der Waals surface area contributed by atoms with E-state index in [1.54, 1.807) is 0 Å². The minimum atomic E-state index is 0.597. The van der Waals surface area contributed by atoms with Gasteiger partial charge in [0.15, 0.2) is 0 Å². The van der Waals surface area contributed by atoms with Crippen molar-refractivity contribution in [3.05, 3.63) is 59.8 Å². The van der Waals surface area contributed by atoms with E-state index in [0.717, 1.165) is 11.1 Å². The maximum Gasteiger partial charge on any atom is 0.126 e. The summed E-state index contributed by atoms with van der Waals surface area (Å²) in [5.74, 6) is 0.597. The van der Waals surface area contributed by atoms with Gasteiger partial charge in [-0.05, 0) is 47.4 Å². The maximum atomic E-state index is 5.79. The van der Waals surface area contributed by atoms with Gasteiger partial charge in [0.2, 0.25) is 0 Å². The first-order chi connectivity index (χ1) is 9.16. The van der Waals surface area contributed by atoms with Gasteiger partial charge in [-0.2, -0.15) is 0 Å². The predicted octanol–water partition coefficient (Wildman–Crippen LogP) is 4.10. The highest BCUT2D eigenvalue weighted by atomic mass is 14.8. The van der Waals surface area contributed by atoms with Crippen LogP contribution < -0.4 is 5.73 Å². The van der Waals surface area contributed by atoms with Crippen molar-refractivity contribution in [2.24, 2.45) is 0 Å². The third-order valence-corrected chi connectivity index (χ3v) is 3.57. The molecule has 3 rings (SSSR count). The Labute approximate surface area is 112 Å². The molecule has 2 heteroatoms. The number of aryl methyl sites for hydroxylation is 2. The third-order valence-electron chi connectivity index (χ3n) is 3.57. The van der Waals surface area contributed by atoms with Crippen LogP contribution in [0.3, 0.4) is 0 Å². The molecular formula is C17H16N2. The number of nitrogens with zero attached hydrogens (tertiary/aromatic N) is 1. The Bertz CT molecular complexity index is 760. The van der Waals surface area contributed by atoms with Crippen LogP contribution in [0.5, 0.6) is 0 Å². The quantitative estimate of drug-likeness (QED) is 0.704.